The van der Waals surface area contributed by atoms with Crippen LogP contribution in [0.3, 0.4) is 0 Å². The summed E-state index contributed by atoms with van der Waals surface area (Å²) >= 11 is 5.91. The molecule has 0 heterocycles. The van der Waals surface area contributed by atoms with Crippen molar-refractivity contribution in [2.45, 2.75) is 27.7 Å². The van der Waals surface area contributed by atoms with Gasteiger partial charge in [-0.15, -0.1) is 0 Å². The third-order valence-corrected chi connectivity index (χ3v) is 3.03. The highest BCUT2D eigenvalue weighted by atomic mass is 35.5. The van der Waals surface area contributed by atoms with Crippen LogP contribution in [0.2, 0.25) is 5.02 Å². The van der Waals surface area contributed by atoms with Crippen molar-refractivity contribution in [2.24, 2.45) is 11.3 Å². The third-order valence-electron chi connectivity index (χ3n) is 2.68. The molecule has 4 N–H and O–H groups in total. The molecular weight excluding hydrogens is 254 g/mol. The fourth-order valence-corrected chi connectivity index (χ4v) is 2.16. The van der Waals surface area contributed by atoms with Crippen LogP contribution in [0.25, 0.3) is 5.57 Å². The van der Waals surface area contributed by atoms with E-state index in [9.17, 15) is 10.2 Å². The summed E-state index contributed by atoms with van der Waals surface area (Å²) in [6.45, 7) is 7.92. The van der Waals surface area contributed by atoms with Crippen LogP contribution < -0.4 is 10.7 Å². The molecule has 5 heteroatoms. The van der Waals surface area contributed by atoms with Gasteiger partial charge in [-0.3, -0.25) is 0 Å². The molecule has 0 fully saturated rings. The SMILES string of the molecule is C/C=C(\c1cc(O)c(O)c(Cl)c1ON)C(C)(C)C. The lowest BCUT2D eigenvalue weighted by atomic mass is 9.81. The summed E-state index contributed by atoms with van der Waals surface area (Å²) in [4.78, 5) is 4.75. The molecule has 0 aliphatic rings. The van der Waals surface area contributed by atoms with Gasteiger partial charge in [0.2, 0.25) is 0 Å². The summed E-state index contributed by atoms with van der Waals surface area (Å²) < 4.78 is 0. The number of nitrogens with two attached hydrogens (primary N) is 1. The van der Waals surface area contributed by atoms with Crippen LogP contribution in [0.1, 0.15) is 33.3 Å². The first kappa shape index (κ1) is 14.7. The zero-order valence-corrected chi connectivity index (χ0v) is 11.7. The molecule has 0 aromatic heterocycles. The molecule has 0 radical (unpaired) electrons. The number of phenols is 2. The van der Waals surface area contributed by atoms with Crippen molar-refractivity contribution in [1.29, 1.82) is 0 Å². The molecule has 1 aromatic rings. The van der Waals surface area contributed by atoms with E-state index < -0.39 is 5.75 Å². The number of benzene rings is 1. The Labute approximate surface area is 112 Å². The predicted molar refractivity (Wildman–Crippen MR) is 72.7 cm³/mol. The highest BCUT2D eigenvalue weighted by Crippen LogP contribution is 2.48. The van der Waals surface area contributed by atoms with Crippen molar-refractivity contribution in [3.8, 4) is 17.2 Å². The Bertz CT molecular complexity index is 490. The molecular formula is C13H18ClNO3. The van der Waals surface area contributed by atoms with Crippen molar-refractivity contribution < 1.29 is 15.1 Å². The predicted octanol–water partition coefficient (Wildman–Crippen LogP) is 3.45. The molecule has 0 amide bonds. The van der Waals surface area contributed by atoms with E-state index in [2.05, 4.69) is 0 Å². The van der Waals surface area contributed by atoms with Crippen molar-refractivity contribution in [1.82, 2.24) is 0 Å². The summed E-state index contributed by atoms with van der Waals surface area (Å²) in [5.74, 6) is 4.60. The molecule has 18 heavy (non-hydrogen) atoms. The van der Waals surface area contributed by atoms with E-state index in [0.717, 1.165) is 5.57 Å². The standard InChI is InChI=1S/C13H18ClNO3/c1-5-8(13(2,3)4)7-6-9(16)11(17)10(14)12(7)18-15/h5-6,16-17H,15H2,1-4H3/b8-5+. The minimum absolute atomic E-state index is 0.101. The molecule has 0 saturated carbocycles. The number of rotatable bonds is 2. The highest BCUT2D eigenvalue weighted by Gasteiger charge is 2.25. The van der Waals surface area contributed by atoms with Crippen LogP contribution in [0.15, 0.2) is 12.1 Å². The van der Waals surface area contributed by atoms with Crippen molar-refractivity contribution in [2.75, 3.05) is 0 Å². The number of hydrogen-bond acceptors (Lipinski definition) is 4. The summed E-state index contributed by atoms with van der Waals surface area (Å²) in [7, 11) is 0. The maximum Gasteiger partial charge on any atom is 0.180 e. The van der Waals surface area contributed by atoms with Gasteiger partial charge < -0.3 is 15.1 Å². The monoisotopic (exact) mass is 271 g/mol. The number of hydrogen-bond donors (Lipinski definition) is 3. The second-order valence-electron chi connectivity index (χ2n) is 5.01. The average Bonchev–Trinajstić information content (AvgIpc) is 2.25. The van der Waals surface area contributed by atoms with Crippen molar-refractivity contribution >= 4 is 17.2 Å². The molecule has 0 saturated heterocycles. The molecule has 0 atom stereocenters. The molecule has 0 aliphatic carbocycles. The molecule has 1 rings (SSSR count). The van der Waals surface area contributed by atoms with E-state index in [1.807, 2.05) is 33.8 Å². The van der Waals surface area contributed by atoms with E-state index in [1.54, 1.807) is 0 Å². The largest absolute Gasteiger partial charge is 0.504 e. The lowest BCUT2D eigenvalue weighted by molar-refractivity contribution is 0.327. The smallest absolute Gasteiger partial charge is 0.180 e. The number of phenolic OH excluding ortho intramolecular Hbond substituents is 2. The van der Waals surface area contributed by atoms with Gasteiger partial charge in [0.1, 0.15) is 5.02 Å². The number of halogens is 1. The minimum atomic E-state index is -0.440. The van der Waals surface area contributed by atoms with E-state index in [1.165, 1.54) is 6.07 Å². The van der Waals surface area contributed by atoms with Crippen molar-refractivity contribution in [3.63, 3.8) is 0 Å². The molecule has 100 valence electrons. The normalized spacial score (nSPS) is 12.7. The topological polar surface area (TPSA) is 75.7 Å². The zero-order valence-electron chi connectivity index (χ0n) is 10.9. The number of allylic oxidation sites excluding steroid dienone is 2. The van der Waals surface area contributed by atoms with Crippen LogP contribution in [-0.4, -0.2) is 10.2 Å². The minimum Gasteiger partial charge on any atom is -0.504 e. The molecule has 0 spiro atoms. The Morgan fingerprint density at radius 1 is 1.39 bits per heavy atom. The second-order valence-corrected chi connectivity index (χ2v) is 5.38. The van der Waals surface area contributed by atoms with E-state index in [4.69, 9.17) is 22.3 Å². The van der Waals surface area contributed by atoms with Gasteiger partial charge in [0.15, 0.2) is 17.2 Å². The summed E-state index contributed by atoms with van der Waals surface area (Å²) in [5.41, 5.74) is 1.28. The van der Waals surface area contributed by atoms with Gasteiger partial charge in [0.25, 0.3) is 0 Å². The van der Waals surface area contributed by atoms with Crippen LogP contribution >= 0.6 is 11.6 Å². The van der Waals surface area contributed by atoms with E-state index in [-0.39, 0.29) is 21.9 Å². The lowest BCUT2D eigenvalue weighted by Gasteiger charge is -2.25. The second kappa shape index (κ2) is 5.08. The van der Waals surface area contributed by atoms with Crippen molar-refractivity contribution in [3.05, 3.63) is 22.7 Å². The average molecular weight is 272 g/mol. The summed E-state index contributed by atoms with van der Waals surface area (Å²) in [5, 5.41) is 19.1. The maximum absolute atomic E-state index is 9.65. The Morgan fingerprint density at radius 2 is 1.94 bits per heavy atom. The first-order valence-corrected chi connectivity index (χ1v) is 5.90. The van der Waals surface area contributed by atoms with Gasteiger partial charge in [-0.05, 0) is 24.0 Å². The Balaban J connectivity index is 3.60. The first-order valence-electron chi connectivity index (χ1n) is 5.52. The quantitative estimate of drug-likeness (QED) is 0.569. The van der Waals surface area contributed by atoms with Gasteiger partial charge in [0.05, 0.1) is 0 Å². The van der Waals surface area contributed by atoms with Gasteiger partial charge >= 0.3 is 0 Å². The van der Waals surface area contributed by atoms with Crippen LogP contribution in [0, 0.1) is 5.41 Å². The highest BCUT2D eigenvalue weighted by molar-refractivity contribution is 6.34. The molecule has 4 nitrogen and oxygen atoms in total. The Morgan fingerprint density at radius 3 is 2.33 bits per heavy atom. The Hall–Kier alpha value is -1.39. The van der Waals surface area contributed by atoms with Crippen LogP contribution in [0.4, 0.5) is 0 Å². The van der Waals surface area contributed by atoms with Crippen LogP contribution in [-0.2, 0) is 0 Å². The van der Waals surface area contributed by atoms with Gasteiger partial charge in [-0.25, -0.2) is 0 Å². The fourth-order valence-electron chi connectivity index (χ4n) is 1.92. The summed E-state index contributed by atoms with van der Waals surface area (Å²) in [6, 6.07) is 1.39. The van der Waals surface area contributed by atoms with E-state index >= 15 is 0 Å². The molecule has 1 aromatic carbocycles. The molecule has 0 aliphatic heterocycles. The van der Waals surface area contributed by atoms with Gasteiger partial charge in [0, 0.05) is 5.56 Å². The van der Waals surface area contributed by atoms with Crippen LogP contribution in [0.5, 0.6) is 17.2 Å². The van der Waals surface area contributed by atoms with Gasteiger partial charge in [-0.1, -0.05) is 38.4 Å². The third kappa shape index (κ3) is 2.54. The maximum atomic E-state index is 9.65. The first-order chi connectivity index (χ1) is 8.23. The number of aromatic hydroxyl groups is 2. The molecule has 0 unspecified atom stereocenters. The lowest BCUT2D eigenvalue weighted by Crippen LogP contribution is -2.12. The Kier molecular flexibility index (Phi) is 4.14. The van der Waals surface area contributed by atoms with E-state index in [0.29, 0.717) is 5.56 Å². The fraction of sp³-hybridized carbons (Fsp3) is 0.385. The molecule has 0 bridgehead atoms. The zero-order chi connectivity index (χ0) is 14.1. The van der Waals surface area contributed by atoms with Gasteiger partial charge in [-0.2, -0.15) is 5.90 Å². The summed E-state index contributed by atoms with van der Waals surface area (Å²) in [6.07, 6.45) is 1.89.